The molecule has 14 heteroatoms. The van der Waals surface area contributed by atoms with E-state index >= 15 is 8.78 Å². The van der Waals surface area contributed by atoms with Crippen LogP contribution in [-0.2, 0) is 11.2 Å². The van der Waals surface area contributed by atoms with Crippen molar-refractivity contribution < 1.29 is 56.3 Å². The number of piperidine rings is 1. The lowest BCUT2D eigenvalue weighted by Crippen LogP contribution is -3.00. The molecule has 2 aromatic heterocycles. The van der Waals surface area contributed by atoms with Gasteiger partial charge in [-0.05, 0) is 87.6 Å². The highest BCUT2D eigenvalue weighted by Gasteiger charge is 2.37. The smallest absolute Gasteiger partial charge is 0.410 e. The van der Waals surface area contributed by atoms with Crippen LogP contribution in [0.25, 0.3) is 16.9 Å². The predicted octanol–water partition coefficient (Wildman–Crippen LogP) is 5.62. The number of nitrogens with zero attached hydrogens (tertiary/aromatic N) is 5. The number of hydrogen-bond donors (Lipinski definition) is 2. The maximum Gasteiger partial charge on any atom is 0.410 e. The normalized spacial score (nSPS) is 19.4. The fraction of sp³-hybridized carbons (Fsp3) is 0.409. The molecule has 0 spiro atoms. The largest absolute Gasteiger partial charge is 1.00 e. The maximum atomic E-state index is 15.4. The third-order valence-corrected chi connectivity index (χ3v) is 11.1. The van der Waals surface area contributed by atoms with E-state index in [9.17, 15) is 9.59 Å². The quantitative estimate of drug-likeness (QED) is 0.131. The van der Waals surface area contributed by atoms with Crippen molar-refractivity contribution in [2.75, 3.05) is 51.6 Å². The van der Waals surface area contributed by atoms with Crippen LogP contribution in [-0.4, -0.2) is 87.7 Å². The van der Waals surface area contributed by atoms with Crippen LogP contribution in [0.4, 0.5) is 25.1 Å². The molecule has 4 heterocycles. The summed E-state index contributed by atoms with van der Waals surface area (Å²) in [5.41, 5.74) is 2.53. The standard InChI is InChI=1S/C44H51F2N7O4.HI/c1-6-31-24-32(50-40-41-48-26-36(52(41)21-19-47-40)35-14-15-37(39(46)38(35)45)56-33-10-8-7-9-11-33)12-13-34(31)42(54)49-25-29-17-22-53(5,23-18-29)28-30-16-20-51(27-30)43(55)57-44(2,3)4;/h7-15,19,21,24,26,29-30H,6,16-18,20,22-23,25,27-28H2,1-5H3,(H-,47,49,50,54);1H. The first-order valence-corrected chi connectivity index (χ1v) is 19.8. The molecule has 11 nitrogen and oxygen atoms in total. The SMILES string of the molecule is CCc1cc(Nc2nccn3c(-c4ccc(Oc5ccccc5)c(F)c4F)cnc23)ccc1C(=O)NCC1CC[N+](C)(CC2CCN(C(=O)OC(C)(C)C)C2)CC1.[I-]. The summed E-state index contributed by atoms with van der Waals surface area (Å²) < 4.78 is 44.4. The lowest BCUT2D eigenvalue weighted by Gasteiger charge is -2.42. The van der Waals surface area contributed by atoms with Gasteiger partial charge in [0, 0.05) is 67.6 Å². The number of anilines is 2. The summed E-state index contributed by atoms with van der Waals surface area (Å²) in [7, 11) is 2.32. The molecule has 3 aromatic carbocycles. The zero-order valence-corrected chi connectivity index (χ0v) is 35.9. The molecule has 58 heavy (non-hydrogen) atoms. The molecule has 1 atom stereocenters. The Kier molecular flexibility index (Phi) is 13.3. The Hall–Kier alpha value is -4.83. The van der Waals surface area contributed by atoms with Crippen LogP contribution in [0.1, 0.15) is 62.9 Å². The minimum atomic E-state index is -1.10. The van der Waals surface area contributed by atoms with Gasteiger partial charge in [-0.25, -0.2) is 19.2 Å². The fourth-order valence-corrected chi connectivity index (χ4v) is 8.01. The van der Waals surface area contributed by atoms with Crippen LogP contribution in [0.3, 0.4) is 0 Å². The summed E-state index contributed by atoms with van der Waals surface area (Å²) >= 11 is 0. The number of likely N-dealkylation sites (tertiary alicyclic amines) is 2. The second kappa shape index (κ2) is 18.0. The van der Waals surface area contributed by atoms with Crippen molar-refractivity contribution in [2.24, 2.45) is 11.8 Å². The van der Waals surface area contributed by atoms with Gasteiger partial charge in [0.25, 0.3) is 5.91 Å². The fourth-order valence-electron chi connectivity index (χ4n) is 8.01. The number of rotatable bonds is 11. The highest BCUT2D eigenvalue weighted by atomic mass is 127. The first-order valence-electron chi connectivity index (χ1n) is 19.8. The minimum absolute atomic E-state index is 0. The zero-order valence-electron chi connectivity index (χ0n) is 33.7. The van der Waals surface area contributed by atoms with Crippen molar-refractivity contribution in [3.8, 4) is 22.8 Å². The summed E-state index contributed by atoms with van der Waals surface area (Å²) in [4.78, 5) is 36.9. The highest BCUT2D eigenvalue weighted by Crippen LogP contribution is 2.34. The molecule has 2 aliphatic heterocycles. The lowest BCUT2D eigenvalue weighted by atomic mass is 9.93. The second-order valence-corrected chi connectivity index (χ2v) is 16.6. The number of aromatic nitrogens is 3. The van der Waals surface area contributed by atoms with Crippen molar-refractivity contribution in [3.63, 3.8) is 0 Å². The average Bonchev–Trinajstić information content (AvgIpc) is 3.84. The number of fused-ring (bicyclic) bond motifs is 1. The molecule has 308 valence electrons. The number of benzene rings is 3. The van der Waals surface area contributed by atoms with Gasteiger partial charge in [0.2, 0.25) is 5.82 Å². The summed E-state index contributed by atoms with van der Waals surface area (Å²) in [6.45, 7) is 13.0. The van der Waals surface area contributed by atoms with Gasteiger partial charge >= 0.3 is 6.09 Å². The van der Waals surface area contributed by atoms with Crippen molar-refractivity contribution in [1.29, 1.82) is 0 Å². The molecule has 2 saturated heterocycles. The molecule has 0 aliphatic carbocycles. The molecule has 2 aliphatic rings. The predicted molar refractivity (Wildman–Crippen MR) is 216 cm³/mol. The molecule has 2 fully saturated rings. The van der Waals surface area contributed by atoms with E-state index in [1.54, 1.807) is 41.1 Å². The zero-order chi connectivity index (χ0) is 40.3. The van der Waals surface area contributed by atoms with E-state index in [1.165, 1.54) is 18.3 Å². The molecule has 0 saturated carbocycles. The van der Waals surface area contributed by atoms with E-state index in [0.717, 1.165) is 62.0 Å². The van der Waals surface area contributed by atoms with Crippen molar-refractivity contribution in [2.45, 2.75) is 59.0 Å². The Balaban J connectivity index is 0.00000567. The van der Waals surface area contributed by atoms with Crippen LogP contribution in [0, 0.1) is 23.5 Å². The topological polar surface area (TPSA) is 110 Å². The third-order valence-electron chi connectivity index (χ3n) is 11.1. The number of ether oxygens (including phenoxy) is 2. The summed E-state index contributed by atoms with van der Waals surface area (Å²) in [6.07, 6.45) is 8.18. The van der Waals surface area contributed by atoms with Gasteiger partial charge in [0.1, 0.15) is 11.4 Å². The first-order chi connectivity index (χ1) is 27.3. The van der Waals surface area contributed by atoms with E-state index in [2.05, 4.69) is 27.6 Å². The van der Waals surface area contributed by atoms with E-state index in [4.69, 9.17) is 9.47 Å². The lowest BCUT2D eigenvalue weighted by molar-refractivity contribution is -0.918. The molecule has 5 aromatic rings. The number of quaternary nitrogens is 1. The summed E-state index contributed by atoms with van der Waals surface area (Å²) in [5.74, 6) is -0.768. The summed E-state index contributed by atoms with van der Waals surface area (Å²) in [6, 6.07) is 17.1. The molecular formula is C44H52F2IN7O4. The Morgan fingerprint density at radius 3 is 2.45 bits per heavy atom. The average molecular weight is 908 g/mol. The molecule has 1 unspecified atom stereocenters. The van der Waals surface area contributed by atoms with Gasteiger partial charge in [-0.3, -0.25) is 9.20 Å². The number of para-hydroxylation sites is 1. The Morgan fingerprint density at radius 1 is 0.966 bits per heavy atom. The van der Waals surface area contributed by atoms with Gasteiger partial charge in [-0.2, -0.15) is 4.39 Å². The monoisotopic (exact) mass is 907 g/mol. The first kappa shape index (κ1) is 42.8. The number of hydrogen-bond acceptors (Lipinski definition) is 7. The van der Waals surface area contributed by atoms with E-state index in [0.29, 0.717) is 59.0 Å². The molecule has 7 rings (SSSR count). The number of carbonyl (C=O) groups is 2. The number of halogens is 3. The summed E-state index contributed by atoms with van der Waals surface area (Å²) in [5, 5.41) is 6.51. The Morgan fingerprint density at radius 2 is 1.72 bits per heavy atom. The number of nitrogens with one attached hydrogen (secondary N) is 2. The van der Waals surface area contributed by atoms with E-state index < -0.39 is 17.2 Å². The molecular weight excluding hydrogens is 855 g/mol. The molecule has 2 amide bonds. The maximum absolute atomic E-state index is 15.4. The Bertz CT molecular complexity index is 2240. The third kappa shape index (κ3) is 9.88. The molecule has 2 N–H and O–H groups in total. The number of aryl methyl sites for hydroxylation is 1. The highest BCUT2D eigenvalue weighted by molar-refractivity contribution is 5.96. The number of amides is 2. The second-order valence-electron chi connectivity index (χ2n) is 16.6. The van der Waals surface area contributed by atoms with E-state index in [-0.39, 0.29) is 47.3 Å². The van der Waals surface area contributed by atoms with Crippen LogP contribution >= 0.6 is 0 Å². The van der Waals surface area contributed by atoms with Crippen LogP contribution < -0.4 is 39.3 Å². The van der Waals surface area contributed by atoms with Crippen molar-refractivity contribution in [1.82, 2.24) is 24.6 Å². The van der Waals surface area contributed by atoms with Gasteiger partial charge in [-0.15, -0.1) is 0 Å². The van der Waals surface area contributed by atoms with Crippen LogP contribution in [0.2, 0.25) is 0 Å². The van der Waals surface area contributed by atoms with Gasteiger partial charge in [0.05, 0.1) is 38.6 Å². The van der Waals surface area contributed by atoms with Crippen molar-refractivity contribution >= 4 is 29.2 Å². The van der Waals surface area contributed by atoms with Crippen molar-refractivity contribution in [3.05, 3.63) is 102 Å². The minimum Gasteiger partial charge on any atom is -1.00 e. The van der Waals surface area contributed by atoms with Gasteiger partial charge in [-0.1, -0.05) is 25.1 Å². The Labute approximate surface area is 355 Å². The van der Waals surface area contributed by atoms with E-state index in [1.807, 2.05) is 56.9 Å². The van der Waals surface area contributed by atoms with Crippen LogP contribution in [0.15, 0.2) is 79.3 Å². The molecule has 0 bridgehead atoms. The van der Waals surface area contributed by atoms with Gasteiger partial charge in [0.15, 0.2) is 23.0 Å². The molecule has 0 radical (unpaired) electrons. The van der Waals surface area contributed by atoms with Gasteiger partial charge < -0.3 is 53.5 Å². The number of carbonyl (C=O) groups excluding carboxylic acids is 2. The number of imidazole rings is 1. The van der Waals surface area contributed by atoms with Crippen LogP contribution in [0.5, 0.6) is 11.5 Å².